The van der Waals surface area contributed by atoms with Crippen LogP contribution in [-0.2, 0) is 47.6 Å². The zero-order valence-electron chi connectivity index (χ0n) is 41.8. The molecule has 10 heteroatoms. The van der Waals surface area contributed by atoms with Crippen molar-refractivity contribution in [3.8, 4) is 0 Å². The van der Waals surface area contributed by atoms with Gasteiger partial charge in [0.25, 0.3) is 0 Å². The number of carbonyl (C=O) groups excluding carboxylic acids is 4. The van der Waals surface area contributed by atoms with Crippen molar-refractivity contribution < 1.29 is 47.6 Å². The van der Waals surface area contributed by atoms with Crippen LogP contribution in [0.15, 0.2) is 0 Å². The van der Waals surface area contributed by atoms with Gasteiger partial charge in [0.15, 0.2) is 13.6 Å². The Morgan fingerprint density at radius 3 is 1.22 bits per heavy atom. The van der Waals surface area contributed by atoms with Gasteiger partial charge in [-0.3, -0.25) is 19.2 Å². The van der Waals surface area contributed by atoms with Gasteiger partial charge in [-0.1, -0.05) is 58.4 Å². The molecule has 0 aromatic rings. The van der Waals surface area contributed by atoms with Crippen LogP contribution in [0.5, 0.6) is 0 Å². The monoisotopic (exact) mass is 1020 g/mol. The molecule has 0 heterocycles. The van der Waals surface area contributed by atoms with E-state index >= 15 is 0 Å². The Kier molecular flexibility index (Phi) is 18.6. The minimum absolute atomic E-state index is 0. The van der Waals surface area contributed by atoms with Crippen molar-refractivity contribution in [2.24, 2.45) is 129 Å². The first-order valence-corrected chi connectivity index (χ1v) is 28.2. The Balaban J connectivity index is 0.000000221. The SMILES string of the molecule is C.C.C.C.C.C.CCC(C)(C)C(=O)OC1CC2CC1C1C3CC(CC3C(=O)OCOC3C4CC5CC(C4)CC3C5)C21.CCC(C)(C)C(=O)OC1CC2CC1C1C3CC(CC3C(=O)OCOC3CC4CCC3C4)C21. The second-order valence-electron chi connectivity index (χ2n) is 27.1. The summed E-state index contributed by atoms with van der Waals surface area (Å²) in [6.07, 6.45) is 22.9. The second kappa shape index (κ2) is 22.6. The van der Waals surface area contributed by atoms with Crippen LogP contribution >= 0.6 is 0 Å². The van der Waals surface area contributed by atoms with Crippen molar-refractivity contribution in [3.63, 3.8) is 0 Å². The number of rotatable bonds is 14. The molecule has 14 bridgehead atoms. The summed E-state index contributed by atoms with van der Waals surface area (Å²) in [6, 6.07) is 0. The Hall–Kier alpha value is -2.20. The lowest BCUT2D eigenvalue weighted by Gasteiger charge is -2.53. The van der Waals surface area contributed by atoms with E-state index < -0.39 is 10.8 Å². The Bertz CT molecular complexity index is 1900. The maximum Gasteiger partial charge on any atom is 0.311 e. The molecular weight excluding hydrogens is 917 g/mol. The topological polar surface area (TPSA) is 124 Å². The maximum atomic E-state index is 13.2. The molecule has 73 heavy (non-hydrogen) atoms. The zero-order valence-corrected chi connectivity index (χ0v) is 41.8. The summed E-state index contributed by atoms with van der Waals surface area (Å²) in [5.74, 6) is 11.6. The van der Waals surface area contributed by atoms with E-state index in [1.807, 2.05) is 34.6 Å². The molecule has 0 radical (unpaired) electrons. The fourth-order valence-electron chi connectivity index (χ4n) is 19.9. The Labute approximate surface area is 445 Å². The summed E-state index contributed by atoms with van der Waals surface area (Å²) in [5, 5.41) is 0. The number of esters is 4. The van der Waals surface area contributed by atoms with E-state index in [1.54, 1.807) is 0 Å². The van der Waals surface area contributed by atoms with Crippen LogP contribution in [0.25, 0.3) is 0 Å². The molecule has 10 nitrogen and oxygen atoms in total. The Morgan fingerprint density at radius 1 is 0.397 bits per heavy atom. The summed E-state index contributed by atoms with van der Waals surface area (Å²) in [5.41, 5.74) is -0.833. The van der Waals surface area contributed by atoms with Crippen LogP contribution in [0.2, 0.25) is 0 Å². The number of hydrogen-bond donors (Lipinski definition) is 0. The summed E-state index contributed by atoms with van der Waals surface area (Å²) in [4.78, 5) is 51.7. The molecule has 0 aliphatic heterocycles. The fourth-order valence-corrected chi connectivity index (χ4v) is 19.9. The van der Waals surface area contributed by atoms with Crippen molar-refractivity contribution in [1.29, 1.82) is 0 Å². The largest absolute Gasteiger partial charge is 0.462 e. The first-order valence-electron chi connectivity index (χ1n) is 28.2. The third kappa shape index (κ3) is 10.3. The predicted molar refractivity (Wildman–Crippen MR) is 288 cm³/mol. The number of fused-ring (bicyclic) bond motifs is 20. The minimum atomic E-state index is -0.417. The molecule has 0 N–H and O–H groups in total. The van der Waals surface area contributed by atoms with Crippen LogP contribution in [0.3, 0.4) is 0 Å². The van der Waals surface area contributed by atoms with Gasteiger partial charge in [-0.15, -0.1) is 0 Å². The lowest BCUT2D eigenvalue weighted by atomic mass is 9.55. The molecule has 0 aromatic carbocycles. The van der Waals surface area contributed by atoms with Crippen LogP contribution in [0.4, 0.5) is 0 Å². The number of carbonyl (C=O) groups is 4. The smallest absolute Gasteiger partial charge is 0.311 e. The van der Waals surface area contributed by atoms with Crippen molar-refractivity contribution in [2.45, 2.75) is 233 Å². The fraction of sp³-hybridized carbons (Fsp3) is 0.937. The summed E-state index contributed by atoms with van der Waals surface area (Å²) in [7, 11) is 0. The average molecular weight is 1030 g/mol. The first kappa shape index (κ1) is 60.0. The van der Waals surface area contributed by atoms with E-state index in [1.165, 1.54) is 70.6 Å². The number of ether oxygens (including phenoxy) is 6. The van der Waals surface area contributed by atoms with Gasteiger partial charge >= 0.3 is 23.9 Å². The molecule has 19 atom stereocenters. The third-order valence-corrected chi connectivity index (χ3v) is 23.3. The highest BCUT2D eigenvalue weighted by Gasteiger charge is 2.68. The van der Waals surface area contributed by atoms with Crippen molar-refractivity contribution in [1.82, 2.24) is 0 Å². The van der Waals surface area contributed by atoms with Gasteiger partial charge in [0.2, 0.25) is 0 Å². The van der Waals surface area contributed by atoms with Gasteiger partial charge in [0.1, 0.15) is 12.2 Å². The standard InChI is InChI=1S/C30H44O5.C27H40O5.6CH4/c1-4-30(2,3)29(32)35-24-13-18-12-23(24)26-21-10-17(25(18)26)11-22(21)28(31)34-14-33-27-19-6-15-5-16(8-19)9-20(27)7-15;1-4-27(2,3)26(29)32-22-12-17-11-20(22)24-18-9-16(23(17)24)10-19(18)25(28)31-13-30-21-8-14-5-6-15(21)7-14;;;;;;/h15-27H,4-14H2,1-3H3;14-24H,4-13H2,1-3H3;6*1H4. The first-order chi connectivity index (χ1) is 32.2. The predicted octanol–water partition coefficient (Wildman–Crippen LogP) is 14.4. The van der Waals surface area contributed by atoms with Crippen LogP contribution in [-0.4, -0.2) is 61.9 Å². The highest BCUT2D eigenvalue weighted by Crippen LogP contribution is 2.71. The van der Waals surface area contributed by atoms with Gasteiger partial charge < -0.3 is 28.4 Å². The van der Waals surface area contributed by atoms with Gasteiger partial charge in [-0.25, -0.2) is 0 Å². The summed E-state index contributed by atoms with van der Waals surface area (Å²) < 4.78 is 36.0. The molecule has 0 spiro atoms. The molecule has 14 fully saturated rings. The Morgan fingerprint density at radius 2 is 0.808 bits per heavy atom. The van der Waals surface area contributed by atoms with E-state index in [4.69, 9.17) is 28.4 Å². The van der Waals surface area contributed by atoms with Crippen LogP contribution in [0, 0.1) is 129 Å². The molecule has 14 aliphatic carbocycles. The molecule has 420 valence electrons. The summed E-state index contributed by atoms with van der Waals surface area (Å²) in [6.45, 7) is 12.3. The molecule has 0 aromatic heterocycles. The minimum Gasteiger partial charge on any atom is -0.462 e. The van der Waals surface area contributed by atoms with Crippen molar-refractivity contribution in [3.05, 3.63) is 0 Å². The zero-order chi connectivity index (χ0) is 46.3. The third-order valence-electron chi connectivity index (χ3n) is 23.3. The molecule has 19 unspecified atom stereocenters. The molecular formula is C63H108O10. The van der Waals surface area contributed by atoms with E-state index in [9.17, 15) is 19.2 Å². The molecule has 14 saturated carbocycles. The van der Waals surface area contributed by atoms with Gasteiger partial charge in [-0.05, 0) is 256 Å². The normalized spacial score (nSPS) is 45.2. The van der Waals surface area contributed by atoms with E-state index in [2.05, 4.69) is 6.92 Å². The lowest BCUT2D eigenvalue weighted by molar-refractivity contribution is -0.192. The number of hydrogen-bond acceptors (Lipinski definition) is 10. The second-order valence-corrected chi connectivity index (χ2v) is 27.1. The van der Waals surface area contributed by atoms with Crippen molar-refractivity contribution in [2.75, 3.05) is 13.6 Å². The molecule has 14 rings (SSSR count). The van der Waals surface area contributed by atoms with Crippen LogP contribution in [0.1, 0.15) is 208 Å². The van der Waals surface area contributed by atoms with E-state index in [0.29, 0.717) is 89.1 Å². The molecule has 14 aliphatic rings. The van der Waals surface area contributed by atoms with Gasteiger partial charge in [0.05, 0.1) is 34.9 Å². The highest BCUT2D eigenvalue weighted by atomic mass is 16.7. The maximum absolute atomic E-state index is 13.2. The van der Waals surface area contributed by atoms with Crippen molar-refractivity contribution >= 4 is 23.9 Å². The van der Waals surface area contributed by atoms with Gasteiger partial charge in [-0.2, -0.15) is 0 Å². The van der Waals surface area contributed by atoms with E-state index in [0.717, 1.165) is 81.0 Å². The lowest BCUT2D eigenvalue weighted by Crippen LogP contribution is -2.49. The van der Waals surface area contributed by atoms with Crippen LogP contribution < -0.4 is 0 Å². The highest BCUT2D eigenvalue weighted by molar-refractivity contribution is 5.77. The average Bonchev–Trinajstić information content (AvgIpc) is 4.16. The molecule has 0 saturated heterocycles. The van der Waals surface area contributed by atoms with Gasteiger partial charge in [0, 0.05) is 0 Å². The molecule has 0 amide bonds. The van der Waals surface area contributed by atoms with E-state index in [-0.39, 0.29) is 106 Å². The quantitative estimate of drug-likeness (QED) is 0.0719. The summed E-state index contributed by atoms with van der Waals surface area (Å²) >= 11 is 0.